The first-order valence-corrected chi connectivity index (χ1v) is 5.32. The molecule has 1 aliphatic rings. The second kappa shape index (κ2) is 4.47. The molecule has 1 heterocycles. The SMILES string of the molecule is CNc1ncc(F)cc1C(=O)NCC1CC1. The van der Waals surface area contributed by atoms with E-state index in [2.05, 4.69) is 15.6 Å². The molecule has 5 heteroatoms. The third-order valence-corrected chi connectivity index (χ3v) is 2.58. The number of rotatable bonds is 4. The fourth-order valence-electron chi connectivity index (χ4n) is 1.47. The Labute approximate surface area is 93.3 Å². The molecule has 1 aromatic heterocycles. The van der Waals surface area contributed by atoms with Crippen LogP contribution in [0.25, 0.3) is 0 Å². The summed E-state index contributed by atoms with van der Waals surface area (Å²) in [5, 5.41) is 5.55. The van der Waals surface area contributed by atoms with Gasteiger partial charge in [-0.25, -0.2) is 9.37 Å². The van der Waals surface area contributed by atoms with E-state index in [4.69, 9.17) is 0 Å². The zero-order chi connectivity index (χ0) is 11.5. The fourth-order valence-corrected chi connectivity index (χ4v) is 1.47. The lowest BCUT2D eigenvalue weighted by Crippen LogP contribution is -2.26. The number of pyridine rings is 1. The third-order valence-electron chi connectivity index (χ3n) is 2.58. The van der Waals surface area contributed by atoms with Gasteiger partial charge in [0.15, 0.2) is 0 Å². The van der Waals surface area contributed by atoms with E-state index in [1.54, 1.807) is 7.05 Å². The molecule has 0 aliphatic heterocycles. The molecule has 0 spiro atoms. The lowest BCUT2D eigenvalue weighted by molar-refractivity contribution is 0.0952. The molecule has 0 atom stereocenters. The van der Waals surface area contributed by atoms with Crippen LogP contribution in [-0.2, 0) is 0 Å². The molecule has 0 bridgehead atoms. The van der Waals surface area contributed by atoms with Crippen LogP contribution in [0.2, 0.25) is 0 Å². The summed E-state index contributed by atoms with van der Waals surface area (Å²) in [4.78, 5) is 15.6. The molecular formula is C11H14FN3O. The Morgan fingerprint density at radius 2 is 2.38 bits per heavy atom. The molecule has 16 heavy (non-hydrogen) atoms. The van der Waals surface area contributed by atoms with Gasteiger partial charge in [0, 0.05) is 13.6 Å². The largest absolute Gasteiger partial charge is 0.372 e. The fraction of sp³-hybridized carbons (Fsp3) is 0.455. The molecule has 0 unspecified atom stereocenters. The molecule has 2 rings (SSSR count). The molecule has 4 nitrogen and oxygen atoms in total. The average Bonchev–Trinajstić information content (AvgIpc) is 3.09. The summed E-state index contributed by atoms with van der Waals surface area (Å²) in [5.41, 5.74) is 0.253. The lowest BCUT2D eigenvalue weighted by Gasteiger charge is -2.08. The summed E-state index contributed by atoms with van der Waals surface area (Å²) in [5.74, 6) is 0.219. The van der Waals surface area contributed by atoms with E-state index in [9.17, 15) is 9.18 Å². The smallest absolute Gasteiger partial charge is 0.255 e. The molecular weight excluding hydrogens is 209 g/mol. The van der Waals surface area contributed by atoms with Crippen LogP contribution in [0.15, 0.2) is 12.3 Å². The van der Waals surface area contributed by atoms with Crippen LogP contribution in [0, 0.1) is 11.7 Å². The van der Waals surface area contributed by atoms with Crippen molar-refractivity contribution in [3.05, 3.63) is 23.6 Å². The van der Waals surface area contributed by atoms with Gasteiger partial charge in [-0.3, -0.25) is 4.79 Å². The first-order valence-electron chi connectivity index (χ1n) is 5.32. The summed E-state index contributed by atoms with van der Waals surface area (Å²) in [6.45, 7) is 0.665. The van der Waals surface area contributed by atoms with Gasteiger partial charge < -0.3 is 10.6 Å². The maximum atomic E-state index is 13.0. The quantitative estimate of drug-likeness (QED) is 0.811. The van der Waals surface area contributed by atoms with Gasteiger partial charge in [0.1, 0.15) is 11.6 Å². The highest BCUT2D eigenvalue weighted by Crippen LogP contribution is 2.27. The summed E-state index contributed by atoms with van der Waals surface area (Å²) in [7, 11) is 1.65. The molecule has 1 saturated carbocycles. The highest BCUT2D eigenvalue weighted by Gasteiger charge is 2.22. The van der Waals surface area contributed by atoms with E-state index in [1.807, 2.05) is 0 Å². The van der Waals surface area contributed by atoms with E-state index in [0.29, 0.717) is 18.3 Å². The zero-order valence-electron chi connectivity index (χ0n) is 9.09. The predicted molar refractivity (Wildman–Crippen MR) is 58.8 cm³/mol. The number of aromatic nitrogens is 1. The van der Waals surface area contributed by atoms with Gasteiger partial charge in [-0.1, -0.05) is 0 Å². The number of nitrogens with one attached hydrogen (secondary N) is 2. The Balaban J connectivity index is 2.09. The number of halogens is 1. The van der Waals surface area contributed by atoms with Crippen LogP contribution >= 0.6 is 0 Å². The Morgan fingerprint density at radius 1 is 1.62 bits per heavy atom. The van der Waals surface area contributed by atoms with E-state index < -0.39 is 5.82 Å². The second-order valence-electron chi connectivity index (χ2n) is 3.95. The van der Waals surface area contributed by atoms with Crippen molar-refractivity contribution in [3.8, 4) is 0 Å². The molecule has 1 amide bonds. The lowest BCUT2D eigenvalue weighted by atomic mass is 10.2. The Kier molecular flexibility index (Phi) is 3.03. The minimum Gasteiger partial charge on any atom is -0.372 e. The maximum absolute atomic E-state index is 13.0. The Bertz CT molecular complexity index is 404. The van der Waals surface area contributed by atoms with Crippen molar-refractivity contribution in [2.24, 2.45) is 5.92 Å². The van der Waals surface area contributed by atoms with Gasteiger partial charge in [-0.05, 0) is 24.8 Å². The van der Waals surface area contributed by atoms with Crippen molar-refractivity contribution in [1.82, 2.24) is 10.3 Å². The van der Waals surface area contributed by atoms with Crippen LogP contribution in [0.3, 0.4) is 0 Å². The van der Waals surface area contributed by atoms with Crippen molar-refractivity contribution in [2.45, 2.75) is 12.8 Å². The summed E-state index contributed by atoms with van der Waals surface area (Å²) in [6.07, 6.45) is 3.42. The van der Waals surface area contributed by atoms with Crippen molar-refractivity contribution in [3.63, 3.8) is 0 Å². The number of carbonyl (C=O) groups excluding carboxylic acids is 1. The number of amides is 1. The molecule has 0 radical (unpaired) electrons. The third kappa shape index (κ3) is 2.48. The van der Waals surface area contributed by atoms with E-state index >= 15 is 0 Å². The van der Waals surface area contributed by atoms with Crippen molar-refractivity contribution >= 4 is 11.7 Å². The number of hydrogen-bond donors (Lipinski definition) is 2. The molecule has 0 saturated heterocycles. The Morgan fingerprint density at radius 3 is 3.00 bits per heavy atom. The summed E-state index contributed by atoms with van der Waals surface area (Å²) < 4.78 is 13.0. The average molecular weight is 223 g/mol. The highest BCUT2D eigenvalue weighted by atomic mass is 19.1. The molecule has 86 valence electrons. The van der Waals surface area contributed by atoms with Crippen LogP contribution in [0.4, 0.5) is 10.2 Å². The van der Waals surface area contributed by atoms with Crippen molar-refractivity contribution in [2.75, 3.05) is 18.9 Å². The van der Waals surface area contributed by atoms with Gasteiger partial charge in [0.05, 0.1) is 11.8 Å². The molecule has 1 aliphatic carbocycles. The Hall–Kier alpha value is -1.65. The van der Waals surface area contributed by atoms with Crippen LogP contribution < -0.4 is 10.6 Å². The number of nitrogens with zero attached hydrogens (tertiary/aromatic N) is 1. The molecule has 1 aromatic rings. The standard InChI is InChI=1S/C11H14FN3O/c1-13-10-9(4-8(12)6-14-10)11(16)15-5-7-2-3-7/h4,6-7H,2-3,5H2,1H3,(H,13,14)(H,15,16). The van der Waals surface area contributed by atoms with Crippen LogP contribution in [-0.4, -0.2) is 24.5 Å². The monoisotopic (exact) mass is 223 g/mol. The minimum absolute atomic E-state index is 0.253. The highest BCUT2D eigenvalue weighted by molar-refractivity contribution is 5.98. The van der Waals surface area contributed by atoms with E-state index in [0.717, 1.165) is 6.20 Å². The normalized spacial score (nSPS) is 14.6. The van der Waals surface area contributed by atoms with Gasteiger partial charge in [0.25, 0.3) is 5.91 Å². The van der Waals surface area contributed by atoms with Gasteiger partial charge in [-0.15, -0.1) is 0 Å². The predicted octanol–water partition coefficient (Wildman–Crippen LogP) is 1.40. The van der Waals surface area contributed by atoms with Crippen LogP contribution in [0.1, 0.15) is 23.2 Å². The van der Waals surface area contributed by atoms with Gasteiger partial charge in [-0.2, -0.15) is 0 Å². The van der Waals surface area contributed by atoms with Crippen molar-refractivity contribution < 1.29 is 9.18 Å². The summed E-state index contributed by atoms with van der Waals surface area (Å²) >= 11 is 0. The summed E-state index contributed by atoms with van der Waals surface area (Å²) in [6, 6.07) is 1.20. The number of hydrogen-bond acceptors (Lipinski definition) is 3. The molecule has 0 aromatic carbocycles. The molecule has 2 N–H and O–H groups in total. The van der Waals surface area contributed by atoms with Gasteiger partial charge >= 0.3 is 0 Å². The zero-order valence-corrected chi connectivity index (χ0v) is 9.09. The van der Waals surface area contributed by atoms with E-state index in [1.165, 1.54) is 18.9 Å². The topological polar surface area (TPSA) is 54.0 Å². The number of anilines is 1. The van der Waals surface area contributed by atoms with E-state index in [-0.39, 0.29) is 11.5 Å². The second-order valence-corrected chi connectivity index (χ2v) is 3.95. The van der Waals surface area contributed by atoms with Crippen LogP contribution in [0.5, 0.6) is 0 Å². The maximum Gasteiger partial charge on any atom is 0.255 e. The molecule has 1 fully saturated rings. The minimum atomic E-state index is -0.504. The first kappa shape index (κ1) is 10.9. The first-order chi connectivity index (χ1) is 7.70. The van der Waals surface area contributed by atoms with Gasteiger partial charge in [0.2, 0.25) is 0 Å². The van der Waals surface area contributed by atoms with Crippen molar-refractivity contribution in [1.29, 1.82) is 0 Å². The number of carbonyl (C=O) groups is 1.